The molecule has 0 aromatic heterocycles. The molecule has 26 heavy (non-hydrogen) atoms. The molecule has 7 nitrogen and oxygen atoms in total. The second kappa shape index (κ2) is 8.26. The fourth-order valence-corrected chi connectivity index (χ4v) is 4.24. The lowest BCUT2D eigenvalue weighted by atomic mass is 10.1. The number of benzene rings is 1. The number of aliphatic imine (C=N–C) groups is 1. The Kier molecular flexibility index (Phi) is 6.52. The molecule has 0 amide bonds. The number of aliphatic hydroxyl groups excluding tert-OH is 1. The van der Waals surface area contributed by atoms with Crippen molar-refractivity contribution < 1.29 is 18.3 Å². The van der Waals surface area contributed by atoms with E-state index in [0.717, 1.165) is 5.56 Å². The van der Waals surface area contributed by atoms with E-state index < -0.39 is 20.7 Å². The van der Waals surface area contributed by atoms with E-state index in [1.54, 1.807) is 27.0 Å². The first-order valence-corrected chi connectivity index (χ1v) is 10.4. The maximum atomic E-state index is 12.2. The molecular weight excluding hydrogens is 354 g/mol. The summed E-state index contributed by atoms with van der Waals surface area (Å²) in [4.78, 5) is 6.48. The summed E-state index contributed by atoms with van der Waals surface area (Å²) in [5.41, 5.74) is 0.727. The summed E-state index contributed by atoms with van der Waals surface area (Å²) in [7, 11) is -1.53. The number of hydrogen-bond acceptors (Lipinski definition) is 5. The lowest BCUT2D eigenvalue weighted by Crippen LogP contribution is -2.57. The maximum absolute atomic E-state index is 12.2. The lowest BCUT2D eigenvalue weighted by Gasteiger charge is -2.39. The Morgan fingerprint density at radius 1 is 1.46 bits per heavy atom. The number of guanidine groups is 1. The summed E-state index contributed by atoms with van der Waals surface area (Å²) < 4.78 is 28.8. The average molecular weight is 384 g/mol. The van der Waals surface area contributed by atoms with Crippen LogP contribution < -0.4 is 10.1 Å². The summed E-state index contributed by atoms with van der Waals surface area (Å²) in [6.45, 7) is 7.05. The second-order valence-electron chi connectivity index (χ2n) is 6.99. The second-order valence-corrected chi connectivity index (χ2v) is 9.73. The molecule has 146 valence electrons. The molecule has 0 saturated carbocycles. The highest BCUT2D eigenvalue weighted by Crippen LogP contribution is 2.24. The van der Waals surface area contributed by atoms with Crippen LogP contribution in [0.3, 0.4) is 0 Å². The van der Waals surface area contributed by atoms with Crippen LogP contribution in [-0.2, 0) is 9.84 Å². The first-order chi connectivity index (χ1) is 12.2. The molecule has 1 atom stereocenters. The van der Waals surface area contributed by atoms with Crippen LogP contribution >= 0.6 is 0 Å². The van der Waals surface area contributed by atoms with E-state index in [2.05, 4.69) is 10.3 Å². The molecule has 1 fully saturated rings. The number of nitrogens with one attached hydrogen (secondary N) is 1. The molecule has 0 aliphatic carbocycles. The minimum atomic E-state index is -3.11. The standard InChI is InChI=1S/C18H29N3O4S/c1-5-19-17(21-9-10-26(23,24)18(2,3)13-21)20-12-16(22)14-7-6-8-15(11-14)25-4/h6-8,11,16,22H,5,9-10,12-13H2,1-4H3,(H,19,20). The SMILES string of the molecule is CCNC(=NCC(O)c1cccc(OC)c1)N1CCS(=O)(=O)C(C)(C)C1. The van der Waals surface area contributed by atoms with Crippen molar-refractivity contribution >= 4 is 15.8 Å². The van der Waals surface area contributed by atoms with Crippen molar-refractivity contribution in [2.24, 2.45) is 4.99 Å². The first-order valence-electron chi connectivity index (χ1n) is 8.78. The van der Waals surface area contributed by atoms with Gasteiger partial charge in [0, 0.05) is 19.6 Å². The fourth-order valence-electron chi connectivity index (χ4n) is 2.88. The zero-order chi connectivity index (χ0) is 19.4. The van der Waals surface area contributed by atoms with Gasteiger partial charge >= 0.3 is 0 Å². The van der Waals surface area contributed by atoms with Crippen molar-refractivity contribution in [3.05, 3.63) is 29.8 Å². The predicted molar refractivity (Wildman–Crippen MR) is 103 cm³/mol. The smallest absolute Gasteiger partial charge is 0.194 e. The van der Waals surface area contributed by atoms with Gasteiger partial charge in [0.25, 0.3) is 0 Å². The molecule has 0 spiro atoms. The molecule has 1 aliphatic rings. The third-order valence-corrected chi connectivity index (χ3v) is 7.10. The molecule has 1 saturated heterocycles. The van der Waals surface area contributed by atoms with Crippen LogP contribution in [0.1, 0.15) is 32.4 Å². The van der Waals surface area contributed by atoms with Gasteiger partial charge in [0.1, 0.15) is 5.75 Å². The van der Waals surface area contributed by atoms with Crippen molar-refractivity contribution in [2.75, 3.05) is 39.0 Å². The summed E-state index contributed by atoms with van der Waals surface area (Å²) in [6.07, 6.45) is -0.764. The largest absolute Gasteiger partial charge is 0.497 e. The molecule has 1 unspecified atom stereocenters. The molecule has 2 N–H and O–H groups in total. The highest BCUT2D eigenvalue weighted by molar-refractivity contribution is 7.92. The molecular formula is C18H29N3O4S. The number of sulfone groups is 1. The Labute approximate surface area is 156 Å². The summed E-state index contributed by atoms with van der Waals surface area (Å²) in [5, 5.41) is 13.6. The monoisotopic (exact) mass is 383 g/mol. The van der Waals surface area contributed by atoms with E-state index in [1.807, 2.05) is 30.0 Å². The normalized spacial score (nSPS) is 20.5. The van der Waals surface area contributed by atoms with Gasteiger partial charge in [-0.15, -0.1) is 0 Å². The Bertz CT molecular complexity index is 747. The zero-order valence-corrected chi connectivity index (χ0v) is 16.7. The van der Waals surface area contributed by atoms with Gasteiger partial charge in [-0.05, 0) is 38.5 Å². The third kappa shape index (κ3) is 4.67. The maximum Gasteiger partial charge on any atom is 0.194 e. The Morgan fingerprint density at radius 2 is 2.19 bits per heavy atom. The number of hydrogen-bond donors (Lipinski definition) is 2. The van der Waals surface area contributed by atoms with Gasteiger partial charge in [0.15, 0.2) is 15.8 Å². The quantitative estimate of drug-likeness (QED) is 0.587. The number of rotatable bonds is 5. The highest BCUT2D eigenvalue weighted by atomic mass is 32.2. The van der Waals surface area contributed by atoms with Crippen LogP contribution in [0, 0.1) is 0 Å². The van der Waals surface area contributed by atoms with Crippen molar-refractivity contribution in [3.8, 4) is 5.75 Å². The van der Waals surface area contributed by atoms with E-state index in [9.17, 15) is 13.5 Å². The molecule has 8 heteroatoms. The summed E-state index contributed by atoms with van der Waals surface area (Å²) in [6, 6.07) is 7.25. The molecule has 0 bridgehead atoms. The van der Waals surface area contributed by atoms with E-state index in [-0.39, 0.29) is 12.3 Å². The van der Waals surface area contributed by atoms with Crippen molar-refractivity contribution in [1.29, 1.82) is 0 Å². The predicted octanol–water partition coefficient (Wildman–Crippen LogP) is 1.20. The molecule has 2 rings (SSSR count). The number of ether oxygens (including phenoxy) is 1. The van der Waals surface area contributed by atoms with Crippen LogP contribution in [-0.4, -0.2) is 68.2 Å². The van der Waals surface area contributed by atoms with Gasteiger partial charge < -0.3 is 20.1 Å². The van der Waals surface area contributed by atoms with Gasteiger partial charge in [0.05, 0.1) is 30.3 Å². The van der Waals surface area contributed by atoms with Crippen LogP contribution in [0.2, 0.25) is 0 Å². The fraction of sp³-hybridized carbons (Fsp3) is 0.611. The van der Waals surface area contributed by atoms with E-state index >= 15 is 0 Å². The topological polar surface area (TPSA) is 91.2 Å². The zero-order valence-electron chi connectivity index (χ0n) is 15.9. The van der Waals surface area contributed by atoms with E-state index in [4.69, 9.17) is 4.74 Å². The third-order valence-electron chi connectivity index (χ3n) is 4.57. The van der Waals surface area contributed by atoms with Gasteiger partial charge in [-0.2, -0.15) is 0 Å². The Morgan fingerprint density at radius 3 is 2.81 bits per heavy atom. The summed E-state index contributed by atoms with van der Waals surface area (Å²) in [5.74, 6) is 1.40. The van der Waals surface area contributed by atoms with Crippen LogP contribution in [0.5, 0.6) is 5.75 Å². The van der Waals surface area contributed by atoms with Crippen molar-refractivity contribution in [1.82, 2.24) is 10.2 Å². The van der Waals surface area contributed by atoms with Crippen LogP contribution in [0.25, 0.3) is 0 Å². The number of aliphatic hydroxyl groups is 1. The van der Waals surface area contributed by atoms with Gasteiger partial charge in [-0.25, -0.2) is 8.42 Å². The molecule has 1 aromatic carbocycles. The van der Waals surface area contributed by atoms with Gasteiger partial charge in [0.2, 0.25) is 0 Å². The lowest BCUT2D eigenvalue weighted by molar-refractivity contribution is 0.186. The molecule has 0 radical (unpaired) electrons. The minimum absolute atomic E-state index is 0.100. The van der Waals surface area contributed by atoms with E-state index in [1.165, 1.54) is 0 Å². The average Bonchev–Trinajstić information content (AvgIpc) is 2.60. The number of methoxy groups -OCH3 is 1. The molecule has 1 aromatic rings. The molecule has 1 aliphatic heterocycles. The first kappa shape index (κ1) is 20.5. The van der Waals surface area contributed by atoms with Crippen molar-refractivity contribution in [3.63, 3.8) is 0 Å². The summed E-state index contributed by atoms with van der Waals surface area (Å²) >= 11 is 0. The highest BCUT2D eigenvalue weighted by Gasteiger charge is 2.40. The van der Waals surface area contributed by atoms with Gasteiger partial charge in [-0.1, -0.05) is 12.1 Å². The number of nitrogens with zero attached hydrogens (tertiary/aromatic N) is 2. The van der Waals surface area contributed by atoms with Crippen molar-refractivity contribution in [2.45, 2.75) is 31.6 Å². The van der Waals surface area contributed by atoms with Gasteiger partial charge in [-0.3, -0.25) is 4.99 Å². The van der Waals surface area contributed by atoms with Crippen LogP contribution in [0.4, 0.5) is 0 Å². The minimum Gasteiger partial charge on any atom is -0.497 e. The Balaban J connectivity index is 2.13. The Hall–Kier alpha value is -1.80. The van der Waals surface area contributed by atoms with E-state index in [0.29, 0.717) is 31.3 Å². The van der Waals surface area contributed by atoms with Crippen LogP contribution in [0.15, 0.2) is 29.3 Å². The molecule has 1 heterocycles.